The van der Waals surface area contributed by atoms with E-state index in [1.165, 1.54) is 0 Å². The number of rotatable bonds is 6. The number of methoxy groups -OCH3 is 1. The van der Waals surface area contributed by atoms with Crippen molar-refractivity contribution in [1.82, 2.24) is 9.55 Å². The summed E-state index contributed by atoms with van der Waals surface area (Å²) in [5.74, 6) is 1.28. The molecule has 6 nitrogen and oxygen atoms in total. The smallest absolute Gasteiger partial charge is 0.262 e. The number of hydrogen-bond acceptors (Lipinski definition) is 5. The van der Waals surface area contributed by atoms with Crippen LogP contribution in [0, 0.1) is 0 Å². The quantitative estimate of drug-likeness (QED) is 0.546. The second kappa shape index (κ2) is 7.82. The predicted octanol–water partition coefficient (Wildman–Crippen LogP) is 3.46. The van der Waals surface area contributed by atoms with E-state index in [1.54, 1.807) is 17.7 Å². The minimum Gasteiger partial charge on any atom is -0.497 e. The van der Waals surface area contributed by atoms with Gasteiger partial charge in [0, 0.05) is 18.7 Å². The van der Waals surface area contributed by atoms with Crippen LogP contribution in [0.1, 0.15) is 19.4 Å². The van der Waals surface area contributed by atoms with Gasteiger partial charge in [0.25, 0.3) is 5.56 Å². The Morgan fingerprint density at radius 1 is 1.19 bits per heavy atom. The summed E-state index contributed by atoms with van der Waals surface area (Å²) in [6.45, 7) is 4.37. The summed E-state index contributed by atoms with van der Waals surface area (Å²) in [5.41, 5.74) is 5.57. The number of benzene rings is 2. The molecule has 3 rings (SSSR count). The van der Waals surface area contributed by atoms with Crippen molar-refractivity contribution in [2.45, 2.75) is 26.8 Å². The Labute approximate surface area is 152 Å². The molecule has 0 unspecified atom stereocenters. The van der Waals surface area contributed by atoms with Crippen LogP contribution < -0.4 is 15.7 Å². The van der Waals surface area contributed by atoms with Gasteiger partial charge in [-0.15, -0.1) is 0 Å². The first kappa shape index (κ1) is 17.7. The van der Waals surface area contributed by atoms with Gasteiger partial charge in [0.05, 0.1) is 18.0 Å². The van der Waals surface area contributed by atoms with Gasteiger partial charge < -0.3 is 4.74 Å². The second-order valence-electron chi connectivity index (χ2n) is 5.99. The zero-order valence-electron chi connectivity index (χ0n) is 15.2. The van der Waals surface area contributed by atoms with E-state index >= 15 is 0 Å². The molecule has 1 N–H and O–H groups in total. The third-order valence-corrected chi connectivity index (χ3v) is 4.14. The van der Waals surface area contributed by atoms with Gasteiger partial charge in [0.1, 0.15) is 5.75 Å². The molecule has 0 spiro atoms. The van der Waals surface area contributed by atoms with Crippen molar-refractivity contribution in [3.63, 3.8) is 0 Å². The molecule has 0 aliphatic heterocycles. The van der Waals surface area contributed by atoms with Crippen LogP contribution in [-0.2, 0) is 13.0 Å². The Bertz CT molecular complexity index is 991. The van der Waals surface area contributed by atoms with Crippen molar-refractivity contribution in [3.8, 4) is 5.75 Å². The van der Waals surface area contributed by atoms with Gasteiger partial charge in [-0.2, -0.15) is 5.10 Å². The van der Waals surface area contributed by atoms with E-state index in [1.807, 2.05) is 56.3 Å². The molecule has 3 aromatic rings. The molecule has 6 heteroatoms. The van der Waals surface area contributed by atoms with Crippen LogP contribution in [0.2, 0.25) is 0 Å². The van der Waals surface area contributed by atoms with Crippen molar-refractivity contribution < 1.29 is 4.74 Å². The summed E-state index contributed by atoms with van der Waals surface area (Å²) < 4.78 is 6.76. The van der Waals surface area contributed by atoms with Gasteiger partial charge in [-0.3, -0.25) is 9.36 Å². The number of nitrogens with zero attached hydrogens (tertiary/aromatic N) is 3. The number of nitrogens with one attached hydrogen (secondary N) is 1. The molecule has 2 aromatic carbocycles. The lowest BCUT2D eigenvalue weighted by atomic mass is 10.1. The van der Waals surface area contributed by atoms with Crippen LogP contribution in [0.4, 0.5) is 5.95 Å². The van der Waals surface area contributed by atoms with E-state index in [0.717, 1.165) is 17.0 Å². The van der Waals surface area contributed by atoms with Gasteiger partial charge >= 0.3 is 0 Å². The summed E-state index contributed by atoms with van der Waals surface area (Å²) in [4.78, 5) is 17.1. The maximum Gasteiger partial charge on any atom is 0.262 e. The number of ether oxygens (including phenoxy) is 1. The van der Waals surface area contributed by atoms with Crippen molar-refractivity contribution in [1.29, 1.82) is 0 Å². The summed E-state index contributed by atoms with van der Waals surface area (Å²) in [5, 5.41) is 5.01. The average Bonchev–Trinajstić information content (AvgIpc) is 2.67. The van der Waals surface area contributed by atoms with Gasteiger partial charge in [0.15, 0.2) is 0 Å². The fourth-order valence-electron chi connectivity index (χ4n) is 2.77. The van der Waals surface area contributed by atoms with Crippen molar-refractivity contribution in [2.24, 2.45) is 5.10 Å². The Hall–Kier alpha value is -3.15. The molecule has 1 aromatic heterocycles. The molecule has 0 bridgehead atoms. The monoisotopic (exact) mass is 350 g/mol. The molecule has 0 aliphatic rings. The average molecular weight is 350 g/mol. The lowest BCUT2D eigenvalue weighted by molar-refractivity contribution is 0.414. The molecule has 26 heavy (non-hydrogen) atoms. The number of fused-ring (bicyclic) bond motifs is 1. The summed E-state index contributed by atoms with van der Waals surface area (Å²) in [6, 6.07) is 15.2. The molecule has 0 amide bonds. The maximum absolute atomic E-state index is 12.6. The Morgan fingerprint density at radius 2 is 1.92 bits per heavy atom. The van der Waals surface area contributed by atoms with Gasteiger partial charge in [0.2, 0.25) is 5.95 Å². The zero-order chi connectivity index (χ0) is 18.5. The molecule has 0 saturated heterocycles. The van der Waals surface area contributed by atoms with E-state index in [0.29, 0.717) is 29.8 Å². The number of hydrazone groups is 1. The minimum atomic E-state index is -0.0661. The lowest BCUT2D eigenvalue weighted by Gasteiger charge is -2.11. The second-order valence-corrected chi connectivity index (χ2v) is 5.99. The summed E-state index contributed by atoms with van der Waals surface area (Å²) >= 11 is 0. The first-order valence-electron chi connectivity index (χ1n) is 8.54. The third kappa shape index (κ3) is 3.74. The van der Waals surface area contributed by atoms with Crippen molar-refractivity contribution in [3.05, 3.63) is 64.4 Å². The first-order valence-corrected chi connectivity index (χ1v) is 8.54. The van der Waals surface area contributed by atoms with E-state index in [-0.39, 0.29) is 5.56 Å². The normalized spacial score (nSPS) is 11.6. The third-order valence-electron chi connectivity index (χ3n) is 4.14. The fourth-order valence-corrected chi connectivity index (χ4v) is 2.77. The van der Waals surface area contributed by atoms with Gasteiger partial charge in [-0.25, -0.2) is 10.4 Å². The largest absolute Gasteiger partial charge is 0.497 e. The van der Waals surface area contributed by atoms with Gasteiger partial charge in [-0.05, 0) is 43.7 Å². The molecular weight excluding hydrogens is 328 g/mol. The maximum atomic E-state index is 12.6. The minimum absolute atomic E-state index is 0.0661. The van der Waals surface area contributed by atoms with E-state index in [2.05, 4.69) is 15.5 Å². The van der Waals surface area contributed by atoms with E-state index in [9.17, 15) is 4.79 Å². The number of anilines is 1. The summed E-state index contributed by atoms with van der Waals surface area (Å²) in [7, 11) is 1.65. The number of para-hydroxylation sites is 1. The van der Waals surface area contributed by atoms with E-state index in [4.69, 9.17) is 4.74 Å². The highest BCUT2D eigenvalue weighted by molar-refractivity contribution is 5.85. The van der Waals surface area contributed by atoms with Crippen LogP contribution in [-0.4, -0.2) is 22.4 Å². The molecule has 0 atom stereocenters. The predicted molar refractivity (Wildman–Crippen MR) is 105 cm³/mol. The highest BCUT2D eigenvalue weighted by atomic mass is 16.5. The van der Waals surface area contributed by atoms with Crippen LogP contribution >= 0.6 is 0 Å². The standard InChI is InChI=1S/C20H22N4O2/c1-4-24-19(25)17-7-5-6-8-18(17)21-20(24)23-22-14(2)13-15-9-11-16(26-3)12-10-15/h5-12H,4,13H2,1-3H3,(H,21,23)/b22-14-. The highest BCUT2D eigenvalue weighted by Crippen LogP contribution is 2.13. The SMILES string of the molecule is CCn1c(N/N=C(/C)Cc2ccc(OC)cc2)nc2ccccc2c1=O. The molecule has 0 fully saturated rings. The lowest BCUT2D eigenvalue weighted by Crippen LogP contribution is -2.23. The van der Waals surface area contributed by atoms with Crippen LogP contribution in [0.25, 0.3) is 10.9 Å². The Kier molecular flexibility index (Phi) is 5.31. The first-order chi connectivity index (χ1) is 12.6. The van der Waals surface area contributed by atoms with E-state index < -0.39 is 0 Å². The van der Waals surface area contributed by atoms with Crippen LogP contribution in [0.3, 0.4) is 0 Å². The van der Waals surface area contributed by atoms with Crippen molar-refractivity contribution in [2.75, 3.05) is 12.5 Å². The van der Waals surface area contributed by atoms with Gasteiger partial charge in [-0.1, -0.05) is 24.3 Å². The zero-order valence-corrected chi connectivity index (χ0v) is 15.2. The molecule has 0 aliphatic carbocycles. The Morgan fingerprint density at radius 3 is 2.62 bits per heavy atom. The highest BCUT2D eigenvalue weighted by Gasteiger charge is 2.09. The van der Waals surface area contributed by atoms with Crippen molar-refractivity contribution >= 4 is 22.6 Å². The summed E-state index contributed by atoms with van der Waals surface area (Å²) in [6.07, 6.45) is 0.695. The Balaban J connectivity index is 1.83. The molecule has 134 valence electrons. The fraction of sp³-hybridized carbons (Fsp3) is 0.250. The molecule has 0 radical (unpaired) electrons. The van der Waals surface area contributed by atoms with Crippen LogP contribution in [0.15, 0.2) is 58.4 Å². The topological polar surface area (TPSA) is 68.5 Å². The molecule has 1 heterocycles. The number of aromatic nitrogens is 2. The molecule has 0 saturated carbocycles. The van der Waals surface area contributed by atoms with Crippen LogP contribution in [0.5, 0.6) is 5.75 Å². The number of hydrogen-bond donors (Lipinski definition) is 1. The molecular formula is C20H22N4O2.